The van der Waals surface area contributed by atoms with Gasteiger partial charge in [0, 0.05) is 61.2 Å². The van der Waals surface area contributed by atoms with Gasteiger partial charge in [0.25, 0.3) is 0 Å². The van der Waals surface area contributed by atoms with Gasteiger partial charge in [0.1, 0.15) is 40.2 Å². The van der Waals surface area contributed by atoms with Crippen molar-refractivity contribution in [3.8, 4) is 41.2 Å². The number of nitrogens with zero attached hydrogens (tertiary/aromatic N) is 5. The number of aromatic nitrogens is 3. The molecule has 52 heavy (non-hydrogen) atoms. The summed E-state index contributed by atoms with van der Waals surface area (Å²) in [6.07, 6.45) is 9.13. The number of pyridine rings is 1. The van der Waals surface area contributed by atoms with Gasteiger partial charge in [-0.25, -0.2) is 18.2 Å². The summed E-state index contributed by atoms with van der Waals surface area (Å²) in [5, 5.41) is 14.4. The fourth-order valence-electron chi connectivity index (χ4n) is 7.49. The van der Waals surface area contributed by atoms with Gasteiger partial charge >= 0.3 is 12.6 Å². The van der Waals surface area contributed by atoms with E-state index >= 15 is 4.39 Å². The highest BCUT2D eigenvalue weighted by atomic mass is 19.3. The van der Waals surface area contributed by atoms with Crippen molar-refractivity contribution >= 4 is 27.5 Å². The van der Waals surface area contributed by atoms with Crippen LogP contribution in [0.1, 0.15) is 57.9 Å². The number of benzene rings is 2. The largest absolute Gasteiger partial charge is 0.508 e. The molecule has 2 unspecified atom stereocenters. The second kappa shape index (κ2) is 14.5. The van der Waals surface area contributed by atoms with Crippen LogP contribution in [0, 0.1) is 29.4 Å². The Morgan fingerprint density at radius 3 is 2.38 bits per heavy atom. The molecule has 2 aromatic heterocycles. The topological polar surface area (TPSA) is 95.9 Å². The van der Waals surface area contributed by atoms with Crippen molar-refractivity contribution in [2.75, 3.05) is 44.2 Å². The smallest absolute Gasteiger partial charge is 0.388 e. The summed E-state index contributed by atoms with van der Waals surface area (Å²) in [6, 6.07) is 4.83. The van der Waals surface area contributed by atoms with Gasteiger partial charge < -0.3 is 29.7 Å². The van der Waals surface area contributed by atoms with Crippen molar-refractivity contribution in [2.45, 2.75) is 77.2 Å². The molecular weight excluding hydrogens is 683 g/mol. The number of hydrogen-bond donors (Lipinski definition) is 2. The molecule has 276 valence electrons. The first-order valence-electron chi connectivity index (χ1n) is 17.8. The lowest BCUT2D eigenvalue weighted by atomic mass is 9.95. The van der Waals surface area contributed by atoms with Crippen LogP contribution < -0.4 is 19.7 Å². The Kier molecular flexibility index (Phi) is 10.0. The molecule has 1 saturated carbocycles. The Morgan fingerprint density at radius 1 is 1.04 bits per heavy atom. The highest BCUT2D eigenvalue weighted by Gasteiger charge is 2.45. The van der Waals surface area contributed by atoms with Crippen molar-refractivity contribution < 1.29 is 36.5 Å². The standard InChI is InChI=1S/C38H41F5N6O3/c1-4-23-17-49(18-24(5-2)44-23)34-30-33(46-37(47-34)51-20-38(11-12-38)19-48-13-9-22(39)10-14-48)31(41)32(45-35(30)52-36(42)43)27-16-25(50)15-21-7-8-28(40)26(6-3)29(21)27/h3,7-8,15-16,22-24,36,44,50H,4-5,9-14,17-20H2,1-2H3. The second-order valence-electron chi connectivity index (χ2n) is 14.2. The summed E-state index contributed by atoms with van der Waals surface area (Å²) in [5.41, 5.74) is -1.50. The molecule has 3 fully saturated rings. The van der Waals surface area contributed by atoms with Crippen LogP contribution in [0.2, 0.25) is 0 Å². The molecule has 1 aliphatic carbocycles. The monoisotopic (exact) mass is 724 g/mol. The number of phenolic OH excluding ortho intramolecular Hbond substituents is 1. The molecule has 2 aliphatic heterocycles. The minimum Gasteiger partial charge on any atom is -0.508 e. The molecule has 2 saturated heterocycles. The van der Waals surface area contributed by atoms with Gasteiger partial charge in [-0.15, -0.1) is 6.42 Å². The highest BCUT2D eigenvalue weighted by Crippen LogP contribution is 2.47. The molecule has 0 amide bonds. The summed E-state index contributed by atoms with van der Waals surface area (Å²) in [5.74, 6) is -0.377. The highest BCUT2D eigenvalue weighted by molar-refractivity contribution is 6.04. The van der Waals surface area contributed by atoms with Crippen LogP contribution in [0.4, 0.5) is 27.8 Å². The predicted molar refractivity (Wildman–Crippen MR) is 188 cm³/mol. The molecule has 2 atom stereocenters. The van der Waals surface area contributed by atoms with E-state index in [2.05, 4.69) is 26.1 Å². The Morgan fingerprint density at radius 2 is 1.75 bits per heavy atom. The van der Waals surface area contributed by atoms with E-state index in [1.165, 1.54) is 12.1 Å². The van der Waals surface area contributed by atoms with Gasteiger partial charge in [-0.2, -0.15) is 18.7 Å². The maximum Gasteiger partial charge on any atom is 0.388 e. The van der Waals surface area contributed by atoms with Crippen LogP contribution >= 0.6 is 0 Å². The summed E-state index contributed by atoms with van der Waals surface area (Å²) in [7, 11) is 0. The van der Waals surface area contributed by atoms with Crippen LogP contribution in [0.3, 0.4) is 0 Å². The molecule has 4 aromatic rings. The molecule has 4 heterocycles. The van der Waals surface area contributed by atoms with Crippen molar-refractivity contribution in [2.24, 2.45) is 5.41 Å². The van der Waals surface area contributed by atoms with E-state index in [0.717, 1.165) is 37.8 Å². The number of alkyl halides is 3. The summed E-state index contributed by atoms with van der Waals surface area (Å²) in [6.45, 7) is 3.77. The van der Waals surface area contributed by atoms with Crippen LogP contribution in [0.5, 0.6) is 17.6 Å². The molecule has 2 aromatic carbocycles. The number of likely N-dealkylation sites (tertiary alicyclic amines) is 1. The molecule has 3 aliphatic rings. The number of phenols is 1. The fraction of sp³-hybridized carbons (Fsp3) is 0.500. The van der Waals surface area contributed by atoms with Crippen LogP contribution in [-0.4, -0.2) is 89.2 Å². The average molecular weight is 725 g/mol. The van der Waals surface area contributed by atoms with E-state index in [9.17, 15) is 22.7 Å². The van der Waals surface area contributed by atoms with Crippen molar-refractivity contribution in [1.82, 2.24) is 25.2 Å². The molecule has 0 spiro atoms. The van der Waals surface area contributed by atoms with Gasteiger partial charge in [-0.3, -0.25) is 0 Å². The van der Waals surface area contributed by atoms with E-state index in [0.29, 0.717) is 45.6 Å². The van der Waals surface area contributed by atoms with Crippen molar-refractivity contribution in [1.29, 1.82) is 0 Å². The third-order valence-corrected chi connectivity index (χ3v) is 10.5. The number of nitrogens with one attached hydrogen (secondary N) is 1. The van der Waals surface area contributed by atoms with E-state index in [-0.39, 0.29) is 69.0 Å². The molecule has 0 radical (unpaired) electrons. The average Bonchev–Trinajstić information content (AvgIpc) is 3.91. The summed E-state index contributed by atoms with van der Waals surface area (Å²) >= 11 is 0. The third kappa shape index (κ3) is 7.13. The number of terminal acetylenes is 1. The number of piperidine rings is 1. The van der Waals surface area contributed by atoms with E-state index in [1.54, 1.807) is 0 Å². The maximum absolute atomic E-state index is 17.2. The first-order valence-corrected chi connectivity index (χ1v) is 17.8. The molecule has 2 N–H and O–H groups in total. The first-order chi connectivity index (χ1) is 25.0. The van der Waals surface area contributed by atoms with E-state index in [4.69, 9.17) is 20.9 Å². The van der Waals surface area contributed by atoms with E-state index < -0.39 is 41.5 Å². The molecular formula is C38H41F5N6O3. The van der Waals surface area contributed by atoms with Gasteiger partial charge in [0.05, 0.1) is 12.2 Å². The number of rotatable bonds is 11. The number of halogens is 5. The lowest BCUT2D eigenvalue weighted by Gasteiger charge is -2.39. The number of anilines is 1. The summed E-state index contributed by atoms with van der Waals surface area (Å²) in [4.78, 5) is 17.6. The zero-order valence-electron chi connectivity index (χ0n) is 29.1. The zero-order chi connectivity index (χ0) is 36.7. The van der Waals surface area contributed by atoms with Crippen molar-refractivity contribution in [3.05, 3.63) is 41.5 Å². The Labute approximate surface area is 298 Å². The molecule has 0 bridgehead atoms. The number of piperazine rings is 1. The minimum absolute atomic E-state index is 0.0172. The minimum atomic E-state index is -3.36. The number of fused-ring (bicyclic) bond motifs is 2. The SMILES string of the molecule is C#Cc1c(F)ccc2cc(O)cc(-c3nc(OC(F)F)c4c(N5CC(CC)NC(CC)C5)nc(OCC5(CN6CCC(F)CC6)CC5)nc4c3F)c12. The summed E-state index contributed by atoms with van der Waals surface area (Å²) < 4.78 is 85.5. The lowest BCUT2D eigenvalue weighted by molar-refractivity contribution is -0.0516. The Hall–Kier alpha value is -4.48. The second-order valence-corrected chi connectivity index (χ2v) is 14.2. The number of aromatic hydroxyl groups is 1. The van der Waals surface area contributed by atoms with Crippen LogP contribution in [-0.2, 0) is 0 Å². The number of hydrogen-bond acceptors (Lipinski definition) is 9. The first kappa shape index (κ1) is 35.9. The predicted octanol–water partition coefficient (Wildman–Crippen LogP) is 6.97. The third-order valence-electron chi connectivity index (χ3n) is 10.5. The normalized spacial score (nSPS) is 20.8. The quantitative estimate of drug-likeness (QED) is 0.126. The van der Waals surface area contributed by atoms with Gasteiger partial charge in [-0.1, -0.05) is 25.8 Å². The van der Waals surface area contributed by atoms with Crippen molar-refractivity contribution in [3.63, 3.8) is 0 Å². The van der Waals surface area contributed by atoms with Crippen LogP contribution in [0.15, 0.2) is 24.3 Å². The van der Waals surface area contributed by atoms with Gasteiger partial charge in [-0.05, 0) is 62.1 Å². The fourth-order valence-corrected chi connectivity index (χ4v) is 7.49. The van der Waals surface area contributed by atoms with Crippen LogP contribution in [0.25, 0.3) is 32.9 Å². The molecule has 7 rings (SSSR count). The van der Waals surface area contributed by atoms with Gasteiger partial charge in [0.15, 0.2) is 5.82 Å². The maximum atomic E-state index is 17.2. The number of ether oxygens (including phenoxy) is 2. The Bertz CT molecular complexity index is 2000. The zero-order valence-corrected chi connectivity index (χ0v) is 29.1. The lowest BCUT2D eigenvalue weighted by Crippen LogP contribution is -2.56. The van der Waals surface area contributed by atoms with E-state index in [1.807, 2.05) is 18.7 Å². The Balaban J connectivity index is 1.40. The van der Waals surface area contributed by atoms with Gasteiger partial charge in [0.2, 0.25) is 5.88 Å². The molecule has 14 heteroatoms. The molecule has 9 nitrogen and oxygen atoms in total.